The average molecular weight is 216 g/mol. The van der Waals surface area contributed by atoms with Gasteiger partial charge in [0.1, 0.15) is 0 Å². The molecule has 0 radical (unpaired) electrons. The van der Waals surface area contributed by atoms with E-state index in [-0.39, 0.29) is 18.5 Å². The summed E-state index contributed by atoms with van der Waals surface area (Å²) in [7, 11) is 3.20. The molecule has 1 rings (SSSR count). The van der Waals surface area contributed by atoms with Gasteiger partial charge >= 0.3 is 12.0 Å². The Morgan fingerprint density at radius 3 is 2.87 bits per heavy atom. The van der Waals surface area contributed by atoms with Gasteiger partial charge in [-0.1, -0.05) is 0 Å². The molecule has 0 aromatic carbocycles. The van der Waals surface area contributed by atoms with Crippen molar-refractivity contribution in [2.75, 3.05) is 33.9 Å². The molecule has 15 heavy (non-hydrogen) atoms. The van der Waals surface area contributed by atoms with Crippen molar-refractivity contribution >= 4 is 12.0 Å². The van der Waals surface area contributed by atoms with Gasteiger partial charge in [-0.2, -0.15) is 0 Å². The number of ether oxygens (including phenoxy) is 1. The molecule has 86 valence electrons. The summed E-state index contributed by atoms with van der Waals surface area (Å²) in [6.07, 6.45) is -0.00821. The molecule has 0 bridgehead atoms. The van der Waals surface area contributed by atoms with Crippen LogP contribution in [-0.2, 0) is 9.53 Å². The van der Waals surface area contributed by atoms with Crippen molar-refractivity contribution in [1.82, 2.24) is 9.80 Å². The van der Waals surface area contributed by atoms with Gasteiger partial charge in [0.2, 0.25) is 0 Å². The number of likely N-dealkylation sites (N-methyl/N-ethyl adjacent to an activating group) is 1. The molecule has 1 N–H and O–H groups in total. The summed E-state index contributed by atoms with van der Waals surface area (Å²) in [5.41, 5.74) is 0. The van der Waals surface area contributed by atoms with Gasteiger partial charge in [0, 0.05) is 27.2 Å². The predicted octanol–water partition coefficient (Wildman–Crippen LogP) is -0.156. The first-order valence-electron chi connectivity index (χ1n) is 4.78. The van der Waals surface area contributed by atoms with Crippen molar-refractivity contribution in [2.45, 2.75) is 12.5 Å². The van der Waals surface area contributed by atoms with E-state index in [1.807, 2.05) is 0 Å². The zero-order valence-corrected chi connectivity index (χ0v) is 8.97. The third-order valence-electron chi connectivity index (χ3n) is 2.53. The van der Waals surface area contributed by atoms with Gasteiger partial charge in [0.25, 0.3) is 0 Å². The van der Waals surface area contributed by atoms with Gasteiger partial charge in [-0.25, -0.2) is 4.79 Å². The number of carboxylic acids is 1. The summed E-state index contributed by atoms with van der Waals surface area (Å²) < 4.78 is 4.87. The second-order valence-electron chi connectivity index (χ2n) is 3.58. The number of hydrogen-bond donors (Lipinski definition) is 1. The summed E-state index contributed by atoms with van der Waals surface area (Å²) >= 11 is 0. The topological polar surface area (TPSA) is 70.1 Å². The van der Waals surface area contributed by atoms with E-state index in [2.05, 4.69) is 0 Å². The van der Waals surface area contributed by atoms with Crippen molar-refractivity contribution in [1.29, 1.82) is 0 Å². The Morgan fingerprint density at radius 2 is 2.33 bits per heavy atom. The minimum absolute atomic E-state index is 0.00821. The average Bonchev–Trinajstić information content (AvgIpc) is 2.42. The smallest absolute Gasteiger partial charge is 0.320 e. The summed E-state index contributed by atoms with van der Waals surface area (Å²) in [5, 5.41) is 8.66. The van der Waals surface area contributed by atoms with E-state index >= 15 is 0 Å². The molecule has 0 saturated carbocycles. The number of aliphatic carboxylic acids is 1. The van der Waals surface area contributed by atoms with Crippen LogP contribution < -0.4 is 0 Å². The van der Waals surface area contributed by atoms with Crippen molar-refractivity contribution in [3.8, 4) is 0 Å². The van der Waals surface area contributed by atoms with Crippen LogP contribution in [0.2, 0.25) is 0 Å². The Hall–Kier alpha value is -1.30. The monoisotopic (exact) mass is 216 g/mol. The maximum atomic E-state index is 11.6. The fraction of sp³-hybridized carbons (Fsp3) is 0.778. The molecule has 0 aromatic rings. The highest BCUT2D eigenvalue weighted by Crippen LogP contribution is 2.16. The maximum absolute atomic E-state index is 11.6. The van der Waals surface area contributed by atoms with Crippen molar-refractivity contribution < 1.29 is 19.4 Å². The number of nitrogens with zero attached hydrogens (tertiary/aromatic N) is 2. The molecule has 1 heterocycles. The molecular formula is C9H16N2O4. The molecule has 6 heteroatoms. The molecule has 2 amide bonds. The van der Waals surface area contributed by atoms with Crippen LogP contribution in [-0.4, -0.2) is 66.8 Å². The quantitative estimate of drug-likeness (QED) is 0.693. The molecule has 1 unspecified atom stereocenters. The van der Waals surface area contributed by atoms with Gasteiger partial charge < -0.3 is 19.6 Å². The summed E-state index contributed by atoms with van der Waals surface area (Å²) in [6.45, 7) is 1.44. The molecule has 0 aliphatic carbocycles. The third kappa shape index (κ3) is 2.82. The highest BCUT2D eigenvalue weighted by Gasteiger charge is 2.35. The number of carbonyl (C=O) groups is 2. The zero-order valence-electron chi connectivity index (χ0n) is 8.97. The van der Waals surface area contributed by atoms with Gasteiger partial charge in [-0.05, 0) is 0 Å². The molecule has 6 nitrogen and oxygen atoms in total. The van der Waals surface area contributed by atoms with E-state index in [1.54, 1.807) is 19.1 Å². The van der Waals surface area contributed by atoms with Gasteiger partial charge in [-0.3, -0.25) is 4.79 Å². The van der Waals surface area contributed by atoms with Crippen molar-refractivity contribution in [3.63, 3.8) is 0 Å². The molecule has 0 spiro atoms. The number of amides is 2. The van der Waals surface area contributed by atoms with Crippen LogP contribution in [0.25, 0.3) is 0 Å². The number of methoxy groups -OCH3 is 1. The molecular weight excluding hydrogens is 200 g/mol. The lowest BCUT2D eigenvalue weighted by atomic mass is 10.2. The highest BCUT2D eigenvalue weighted by atomic mass is 16.5. The minimum Gasteiger partial charge on any atom is -0.481 e. The number of hydrogen-bond acceptors (Lipinski definition) is 3. The van der Waals surface area contributed by atoms with E-state index in [4.69, 9.17) is 9.84 Å². The van der Waals surface area contributed by atoms with Gasteiger partial charge in [-0.15, -0.1) is 0 Å². The fourth-order valence-electron chi connectivity index (χ4n) is 1.63. The van der Waals surface area contributed by atoms with E-state index < -0.39 is 5.97 Å². The second kappa shape index (κ2) is 4.97. The predicted molar refractivity (Wildman–Crippen MR) is 52.6 cm³/mol. The first-order chi connectivity index (χ1) is 7.06. The number of rotatable bonds is 5. The fourth-order valence-corrected chi connectivity index (χ4v) is 1.63. The first-order valence-corrected chi connectivity index (χ1v) is 4.78. The Kier molecular flexibility index (Phi) is 3.90. The lowest BCUT2D eigenvalue weighted by Gasteiger charge is -2.15. The van der Waals surface area contributed by atoms with E-state index in [0.29, 0.717) is 19.7 Å². The van der Waals surface area contributed by atoms with Crippen LogP contribution in [0.4, 0.5) is 4.79 Å². The summed E-state index contributed by atoms with van der Waals surface area (Å²) in [5.74, 6) is -0.881. The molecule has 1 atom stereocenters. The van der Waals surface area contributed by atoms with E-state index in [0.717, 1.165) is 0 Å². The molecule has 1 aliphatic rings. The molecule has 1 fully saturated rings. The molecule has 1 saturated heterocycles. The largest absolute Gasteiger partial charge is 0.481 e. The normalized spacial score (nSPS) is 21.2. The zero-order chi connectivity index (χ0) is 11.4. The van der Waals surface area contributed by atoms with Gasteiger partial charge in [0.05, 0.1) is 19.1 Å². The van der Waals surface area contributed by atoms with Crippen LogP contribution in [0, 0.1) is 0 Å². The van der Waals surface area contributed by atoms with Crippen LogP contribution in [0.5, 0.6) is 0 Å². The van der Waals surface area contributed by atoms with Crippen LogP contribution in [0.3, 0.4) is 0 Å². The van der Waals surface area contributed by atoms with Gasteiger partial charge in [0.15, 0.2) is 0 Å². The minimum atomic E-state index is -0.881. The SMILES string of the molecule is COCCN1CC(CC(=O)O)N(C)C1=O. The number of carbonyl (C=O) groups excluding carboxylic acids is 1. The van der Waals surface area contributed by atoms with E-state index in [9.17, 15) is 9.59 Å². The van der Waals surface area contributed by atoms with Crippen LogP contribution in [0.15, 0.2) is 0 Å². The number of carboxylic acid groups (broad SMARTS) is 1. The summed E-state index contributed by atoms with van der Waals surface area (Å²) in [6, 6.07) is -0.356. The van der Waals surface area contributed by atoms with Crippen molar-refractivity contribution in [3.05, 3.63) is 0 Å². The lowest BCUT2D eigenvalue weighted by molar-refractivity contribution is -0.137. The Bertz CT molecular complexity index is 256. The van der Waals surface area contributed by atoms with Crippen LogP contribution in [0.1, 0.15) is 6.42 Å². The Balaban J connectivity index is 2.51. The lowest BCUT2D eigenvalue weighted by Crippen LogP contribution is -2.33. The van der Waals surface area contributed by atoms with Crippen molar-refractivity contribution in [2.24, 2.45) is 0 Å². The third-order valence-corrected chi connectivity index (χ3v) is 2.53. The standard InChI is InChI=1S/C9H16N2O4/c1-10-7(5-8(12)13)6-11(9(10)14)3-4-15-2/h7H,3-6H2,1-2H3,(H,12,13). The van der Waals surface area contributed by atoms with E-state index in [1.165, 1.54) is 4.90 Å². The number of urea groups is 1. The maximum Gasteiger partial charge on any atom is 0.320 e. The van der Waals surface area contributed by atoms with Crippen LogP contribution >= 0.6 is 0 Å². The Labute approximate surface area is 88.4 Å². The molecule has 1 aliphatic heterocycles. The summed E-state index contributed by atoms with van der Waals surface area (Å²) in [4.78, 5) is 25.2. The first kappa shape index (κ1) is 11.8. The Morgan fingerprint density at radius 1 is 1.67 bits per heavy atom. The second-order valence-corrected chi connectivity index (χ2v) is 3.58. The highest BCUT2D eigenvalue weighted by molar-refractivity contribution is 5.78. The molecule has 0 aromatic heterocycles.